The molecule has 0 bridgehead atoms. The number of aromatic carboxylic acids is 1. The number of nitrogens with one attached hydrogen (secondary N) is 1. The molecular weight excluding hydrogens is 299 g/mol. The average molecular weight is 307 g/mol. The number of imidazole rings is 1. The van der Waals surface area contributed by atoms with Crippen LogP contribution in [0.1, 0.15) is 10.4 Å². The number of hydrogen-bond donors (Lipinski definition) is 2. The van der Waals surface area contributed by atoms with Gasteiger partial charge in [0.15, 0.2) is 0 Å². The van der Waals surface area contributed by atoms with Crippen LogP contribution in [0.15, 0.2) is 36.4 Å². The lowest BCUT2D eigenvalue weighted by Gasteiger charge is -2.02. The Bertz CT molecular complexity index is 807. The van der Waals surface area contributed by atoms with E-state index >= 15 is 0 Å². The van der Waals surface area contributed by atoms with Gasteiger partial charge >= 0.3 is 5.97 Å². The van der Waals surface area contributed by atoms with Gasteiger partial charge in [0.25, 0.3) is 0 Å². The predicted octanol–water partition coefficient (Wildman–Crippen LogP) is 4.23. The second-order valence-corrected chi connectivity index (χ2v) is 5.00. The van der Waals surface area contributed by atoms with Crippen LogP contribution in [0.25, 0.3) is 22.4 Å². The summed E-state index contributed by atoms with van der Waals surface area (Å²) in [6.07, 6.45) is 0. The largest absolute Gasteiger partial charge is 0.478 e. The second kappa shape index (κ2) is 4.81. The van der Waals surface area contributed by atoms with Crippen LogP contribution in [0.3, 0.4) is 0 Å². The summed E-state index contributed by atoms with van der Waals surface area (Å²) in [6.45, 7) is 0. The Labute approximate surface area is 124 Å². The van der Waals surface area contributed by atoms with E-state index in [0.717, 1.165) is 0 Å². The highest BCUT2D eigenvalue weighted by molar-refractivity contribution is 6.39. The van der Waals surface area contributed by atoms with Crippen LogP contribution in [0.5, 0.6) is 0 Å². The molecule has 0 spiro atoms. The van der Waals surface area contributed by atoms with Crippen molar-refractivity contribution in [3.8, 4) is 11.4 Å². The molecule has 0 aliphatic heterocycles. The number of halogens is 2. The first kappa shape index (κ1) is 13.0. The molecule has 1 heterocycles. The van der Waals surface area contributed by atoms with E-state index in [1.165, 1.54) is 6.07 Å². The van der Waals surface area contributed by atoms with Gasteiger partial charge in [0.1, 0.15) is 11.3 Å². The third-order valence-corrected chi connectivity index (χ3v) is 3.57. The number of aromatic nitrogens is 2. The highest BCUT2D eigenvalue weighted by atomic mass is 35.5. The summed E-state index contributed by atoms with van der Waals surface area (Å²) in [7, 11) is 0. The predicted molar refractivity (Wildman–Crippen MR) is 78.5 cm³/mol. The molecule has 0 aliphatic carbocycles. The zero-order valence-electron chi connectivity index (χ0n) is 10.0. The van der Waals surface area contributed by atoms with Crippen molar-refractivity contribution < 1.29 is 9.90 Å². The molecule has 0 aliphatic rings. The Morgan fingerprint density at radius 2 is 1.75 bits per heavy atom. The van der Waals surface area contributed by atoms with E-state index in [2.05, 4.69) is 9.97 Å². The maximum atomic E-state index is 11.2. The van der Waals surface area contributed by atoms with Gasteiger partial charge in [-0.1, -0.05) is 35.3 Å². The number of fused-ring (bicyclic) bond motifs is 1. The molecule has 0 saturated carbocycles. The van der Waals surface area contributed by atoms with Gasteiger partial charge in [-0.05, 0) is 24.3 Å². The van der Waals surface area contributed by atoms with Crippen molar-refractivity contribution in [1.29, 1.82) is 0 Å². The van der Waals surface area contributed by atoms with Crippen molar-refractivity contribution in [3.63, 3.8) is 0 Å². The summed E-state index contributed by atoms with van der Waals surface area (Å²) in [4.78, 5) is 18.6. The van der Waals surface area contributed by atoms with Crippen molar-refractivity contribution in [1.82, 2.24) is 9.97 Å². The van der Waals surface area contributed by atoms with E-state index in [-0.39, 0.29) is 5.56 Å². The van der Waals surface area contributed by atoms with E-state index in [0.29, 0.717) is 32.5 Å². The number of H-pyrrole nitrogens is 1. The van der Waals surface area contributed by atoms with Crippen molar-refractivity contribution in [3.05, 3.63) is 52.0 Å². The SMILES string of the molecule is O=C(O)c1cccc2[nH]c(-c3c(Cl)cccc3Cl)nc12. The zero-order chi connectivity index (χ0) is 14.3. The van der Waals surface area contributed by atoms with Crippen molar-refractivity contribution >= 4 is 40.2 Å². The fourth-order valence-corrected chi connectivity index (χ4v) is 2.62. The lowest BCUT2D eigenvalue weighted by Crippen LogP contribution is -1.96. The minimum Gasteiger partial charge on any atom is -0.478 e. The Balaban J connectivity index is 2.29. The Kier molecular flexibility index (Phi) is 3.12. The molecular formula is C14H8Cl2N2O2. The first-order valence-corrected chi connectivity index (χ1v) is 6.50. The van der Waals surface area contributed by atoms with Gasteiger partial charge in [-0.2, -0.15) is 0 Å². The van der Waals surface area contributed by atoms with E-state index in [4.69, 9.17) is 28.3 Å². The van der Waals surface area contributed by atoms with Gasteiger partial charge in [-0.25, -0.2) is 9.78 Å². The van der Waals surface area contributed by atoms with Crippen molar-refractivity contribution in [2.75, 3.05) is 0 Å². The molecule has 20 heavy (non-hydrogen) atoms. The third kappa shape index (κ3) is 2.03. The number of rotatable bonds is 2. The summed E-state index contributed by atoms with van der Waals surface area (Å²) < 4.78 is 0. The summed E-state index contributed by atoms with van der Waals surface area (Å²) in [5.74, 6) is -0.580. The van der Waals surface area contributed by atoms with E-state index in [9.17, 15) is 4.79 Å². The maximum Gasteiger partial charge on any atom is 0.337 e. The second-order valence-electron chi connectivity index (χ2n) is 4.19. The van der Waals surface area contributed by atoms with Gasteiger partial charge in [-0.3, -0.25) is 0 Å². The molecule has 0 unspecified atom stereocenters. The van der Waals surface area contributed by atoms with Gasteiger partial charge in [0.05, 0.1) is 26.7 Å². The molecule has 0 saturated heterocycles. The summed E-state index contributed by atoms with van der Waals surface area (Å²) >= 11 is 12.3. The van der Waals surface area contributed by atoms with Crippen LogP contribution >= 0.6 is 23.2 Å². The fraction of sp³-hybridized carbons (Fsp3) is 0. The molecule has 0 amide bonds. The average Bonchev–Trinajstić information content (AvgIpc) is 2.81. The quantitative estimate of drug-likeness (QED) is 0.744. The van der Waals surface area contributed by atoms with Gasteiger partial charge in [-0.15, -0.1) is 0 Å². The highest BCUT2D eigenvalue weighted by Gasteiger charge is 2.16. The van der Waals surface area contributed by atoms with Crippen LogP contribution in [-0.2, 0) is 0 Å². The topological polar surface area (TPSA) is 66.0 Å². The molecule has 100 valence electrons. The monoisotopic (exact) mass is 306 g/mol. The van der Waals surface area contributed by atoms with Crippen LogP contribution < -0.4 is 0 Å². The number of carboxylic acids is 1. The Morgan fingerprint density at radius 3 is 2.40 bits per heavy atom. The lowest BCUT2D eigenvalue weighted by molar-refractivity contribution is 0.0699. The number of carboxylic acid groups (broad SMARTS) is 1. The molecule has 3 aromatic rings. The summed E-state index contributed by atoms with van der Waals surface area (Å²) in [5.41, 5.74) is 1.69. The molecule has 1 aromatic heterocycles. The molecule has 2 N–H and O–H groups in total. The lowest BCUT2D eigenvalue weighted by atomic mass is 10.2. The Morgan fingerprint density at radius 1 is 1.10 bits per heavy atom. The minimum absolute atomic E-state index is 0.133. The van der Waals surface area contributed by atoms with Gasteiger partial charge in [0, 0.05) is 0 Å². The van der Waals surface area contributed by atoms with Crippen LogP contribution in [0, 0.1) is 0 Å². The fourth-order valence-electron chi connectivity index (χ4n) is 2.05. The maximum absolute atomic E-state index is 11.2. The standard InChI is InChI=1S/C14H8Cl2N2O2/c15-8-4-2-5-9(16)11(8)13-17-10-6-1-3-7(14(19)20)12(10)18-13/h1-6H,(H,17,18)(H,19,20). The first-order chi connectivity index (χ1) is 9.58. The molecule has 0 radical (unpaired) electrons. The number of carbonyl (C=O) groups is 1. The smallest absolute Gasteiger partial charge is 0.337 e. The number of nitrogens with zero attached hydrogens (tertiary/aromatic N) is 1. The Hall–Kier alpha value is -2.04. The zero-order valence-corrected chi connectivity index (χ0v) is 11.5. The third-order valence-electron chi connectivity index (χ3n) is 2.94. The first-order valence-electron chi connectivity index (χ1n) is 5.74. The highest BCUT2D eigenvalue weighted by Crippen LogP contribution is 2.34. The number of aromatic amines is 1. The number of para-hydroxylation sites is 1. The molecule has 0 fully saturated rings. The van der Waals surface area contributed by atoms with Crippen LogP contribution in [-0.4, -0.2) is 21.0 Å². The van der Waals surface area contributed by atoms with Gasteiger partial charge < -0.3 is 10.1 Å². The summed E-state index contributed by atoms with van der Waals surface area (Å²) in [5, 5.41) is 10.1. The van der Waals surface area contributed by atoms with Crippen molar-refractivity contribution in [2.24, 2.45) is 0 Å². The number of hydrogen-bond acceptors (Lipinski definition) is 2. The van der Waals surface area contributed by atoms with Gasteiger partial charge in [0.2, 0.25) is 0 Å². The van der Waals surface area contributed by atoms with Crippen LogP contribution in [0.4, 0.5) is 0 Å². The molecule has 4 nitrogen and oxygen atoms in total. The number of benzene rings is 2. The van der Waals surface area contributed by atoms with E-state index in [1.807, 2.05) is 0 Å². The molecule has 6 heteroatoms. The molecule has 2 aromatic carbocycles. The molecule has 3 rings (SSSR count). The van der Waals surface area contributed by atoms with Crippen molar-refractivity contribution in [2.45, 2.75) is 0 Å². The van der Waals surface area contributed by atoms with E-state index in [1.54, 1.807) is 30.3 Å². The minimum atomic E-state index is -1.03. The van der Waals surface area contributed by atoms with Crippen LogP contribution in [0.2, 0.25) is 10.0 Å². The molecule has 0 atom stereocenters. The van der Waals surface area contributed by atoms with E-state index < -0.39 is 5.97 Å². The normalized spacial score (nSPS) is 10.9. The summed E-state index contributed by atoms with van der Waals surface area (Å²) in [6, 6.07) is 10.1.